The van der Waals surface area contributed by atoms with Crippen LogP contribution in [0.1, 0.15) is 26.3 Å². The summed E-state index contributed by atoms with van der Waals surface area (Å²) in [6.45, 7) is 7.36. The number of rotatable bonds is 4. The van der Waals surface area contributed by atoms with Crippen LogP contribution in [0.4, 0.5) is 0 Å². The van der Waals surface area contributed by atoms with E-state index < -0.39 is 0 Å². The Hall–Kier alpha value is -1.84. The number of likely N-dealkylation sites (tertiary alicyclic amines) is 1. The van der Waals surface area contributed by atoms with Crippen LogP contribution in [0.3, 0.4) is 0 Å². The van der Waals surface area contributed by atoms with Crippen molar-refractivity contribution in [2.24, 2.45) is 5.92 Å². The van der Waals surface area contributed by atoms with Crippen LogP contribution in [0.25, 0.3) is 0 Å². The quantitative estimate of drug-likeness (QED) is 0.841. The first-order valence-corrected chi connectivity index (χ1v) is 7.09. The van der Waals surface area contributed by atoms with Crippen LogP contribution in [0.15, 0.2) is 30.3 Å². The lowest BCUT2D eigenvalue weighted by Gasteiger charge is -2.41. The smallest absolute Gasteiger partial charge is 0.229 e. The van der Waals surface area contributed by atoms with Gasteiger partial charge in [0.25, 0.3) is 0 Å². The third kappa shape index (κ3) is 3.18. The summed E-state index contributed by atoms with van der Waals surface area (Å²) < 4.78 is 0. The van der Waals surface area contributed by atoms with Crippen LogP contribution in [-0.4, -0.2) is 40.7 Å². The molecule has 0 unspecified atom stereocenters. The molecule has 0 aliphatic carbocycles. The second kappa shape index (κ2) is 6.07. The molecule has 1 heterocycles. The molecule has 2 amide bonds. The van der Waals surface area contributed by atoms with Crippen LogP contribution in [0.5, 0.6) is 0 Å². The van der Waals surface area contributed by atoms with E-state index in [4.69, 9.17) is 0 Å². The van der Waals surface area contributed by atoms with E-state index in [1.165, 1.54) is 0 Å². The number of carbonyl (C=O) groups is 2. The van der Waals surface area contributed by atoms with Crippen molar-refractivity contribution in [1.82, 2.24) is 9.80 Å². The molecule has 0 saturated carbocycles. The first-order valence-electron chi connectivity index (χ1n) is 7.09. The number of carbonyl (C=O) groups excluding carboxylic acids is 2. The molecule has 0 atom stereocenters. The highest BCUT2D eigenvalue weighted by atomic mass is 16.2. The van der Waals surface area contributed by atoms with Gasteiger partial charge in [-0.3, -0.25) is 9.59 Å². The molecule has 0 radical (unpaired) electrons. The first kappa shape index (κ1) is 14.6. The molecule has 4 heteroatoms. The van der Waals surface area contributed by atoms with E-state index in [0.29, 0.717) is 19.6 Å². The van der Waals surface area contributed by atoms with Crippen LogP contribution in [-0.2, 0) is 16.1 Å². The summed E-state index contributed by atoms with van der Waals surface area (Å²) in [5.74, 6) is 0.166. The van der Waals surface area contributed by atoms with Gasteiger partial charge in [0.15, 0.2) is 0 Å². The Morgan fingerprint density at radius 1 is 1.25 bits per heavy atom. The maximum absolute atomic E-state index is 12.5. The van der Waals surface area contributed by atoms with Crippen molar-refractivity contribution < 1.29 is 9.59 Å². The van der Waals surface area contributed by atoms with Crippen molar-refractivity contribution in [2.45, 2.75) is 33.4 Å². The van der Waals surface area contributed by atoms with Gasteiger partial charge in [-0.2, -0.15) is 0 Å². The monoisotopic (exact) mass is 274 g/mol. The van der Waals surface area contributed by atoms with E-state index in [9.17, 15) is 9.59 Å². The summed E-state index contributed by atoms with van der Waals surface area (Å²) in [7, 11) is 0. The number of benzene rings is 1. The van der Waals surface area contributed by atoms with Gasteiger partial charge in [-0.25, -0.2) is 0 Å². The molecule has 1 aromatic rings. The normalized spacial score (nSPS) is 15.1. The standard InChI is InChI=1S/C16H22N2O2/c1-12(2)18(9-14-7-5-4-6-8-14)16(20)15-10-17(11-15)13(3)19/h4-8,12,15H,9-11H2,1-3H3. The van der Waals surface area contributed by atoms with E-state index in [0.717, 1.165) is 5.56 Å². The van der Waals surface area contributed by atoms with Crippen LogP contribution >= 0.6 is 0 Å². The summed E-state index contributed by atoms with van der Waals surface area (Å²) in [6.07, 6.45) is 0. The largest absolute Gasteiger partial charge is 0.341 e. The zero-order valence-electron chi connectivity index (χ0n) is 12.4. The van der Waals surface area contributed by atoms with Gasteiger partial charge in [-0.05, 0) is 19.4 Å². The Balaban J connectivity index is 1.99. The van der Waals surface area contributed by atoms with E-state index in [1.807, 2.05) is 49.1 Å². The van der Waals surface area contributed by atoms with Crippen molar-refractivity contribution in [1.29, 1.82) is 0 Å². The number of amides is 2. The molecule has 2 rings (SSSR count). The molecule has 1 aliphatic rings. The maximum Gasteiger partial charge on any atom is 0.229 e. The summed E-state index contributed by atoms with van der Waals surface area (Å²) in [5, 5.41) is 0. The van der Waals surface area contributed by atoms with Gasteiger partial charge in [-0.1, -0.05) is 30.3 Å². The summed E-state index contributed by atoms with van der Waals surface area (Å²) in [5.41, 5.74) is 1.14. The van der Waals surface area contributed by atoms with Crippen molar-refractivity contribution in [2.75, 3.05) is 13.1 Å². The van der Waals surface area contributed by atoms with Crippen molar-refractivity contribution >= 4 is 11.8 Å². The fourth-order valence-corrected chi connectivity index (χ4v) is 2.42. The molecule has 0 bridgehead atoms. The molecule has 0 aromatic heterocycles. The Morgan fingerprint density at radius 2 is 1.85 bits per heavy atom. The Morgan fingerprint density at radius 3 is 2.35 bits per heavy atom. The fraction of sp³-hybridized carbons (Fsp3) is 0.500. The molecule has 1 fully saturated rings. The third-order valence-corrected chi connectivity index (χ3v) is 3.78. The van der Waals surface area contributed by atoms with Gasteiger partial charge in [0.05, 0.1) is 5.92 Å². The maximum atomic E-state index is 12.5. The van der Waals surface area contributed by atoms with E-state index in [1.54, 1.807) is 11.8 Å². The van der Waals surface area contributed by atoms with Gasteiger partial charge in [-0.15, -0.1) is 0 Å². The third-order valence-electron chi connectivity index (χ3n) is 3.78. The SMILES string of the molecule is CC(=O)N1CC(C(=O)N(Cc2ccccc2)C(C)C)C1. The van der Waals surface area contributed by atoms with Gasteiger partial charge < -0.3 is 9.80 Å². The summed E-state index contributed by atoms with van der Waals surface area (Å²) >= 11 is 0. The topological polar surface area (TPSA) is 40.6 Å². The zero-order chi connectivity index (χ0) is 14.7. The lowest BCUT2D eigenvalue weighted by Crippen LogP contribution is -2.56. The lowest BCUT2D eigenvalue weighted by molar-refractivity contribution is -0.149. The first-order chi connectivity index (χ1) is 9.49. The van der Waals surface area contributed by atoms with E-state index in [-0.39, 0.29) is 23.8 Å². The van der Waals surface area contributed by atoms with Crippen LogP contribution in [0.2, 0.25) is 0 Å². The van der Waals surface area contributed by atoms with Gasteiger partial charge in [0.1, 0.15) is 0 Å². The lowest BCUT2D eigenvalue weighted by atomic mass is 9.97. The average molecular weight is 274 g/mol. The Kier molecular flexibility index (Phi) is 4.42. The minimum Gasteiger partial charge on any atom is -0.341 e. The van der Waals surface area contributed by atoms with Crippen LogP contribution in [0, 0.1) is 5.92 Å². The minimum atomic E-state index is -0.0370. The van der Waals surface area contributed by atoms with Crippen molar-refractivity contribution in [3.05, 3.63) is 35.9 Å². The predicted octanol–water partition coefficient (Wildman–Crippen LogP) is 1.90. The Labute approximate surface area is 120 Å². The summed E-state index contributed by atoms with van der Waals surface area (Å²) in [6, 6.07) is 10.2. The van der Waals surface area contributed by atoms with E-state index in [2.05, 4.69) is 0 Å². The average Bonchev–Trinajstić information content (AvgIpc) is 2.34. The van der Waals surface area contributed by atoms with Gasteiger partial charge in [0.2, 0.25) is 11.8 Å². The van der Waals surface area contributed by atoms with Crippen molar-refractivity contribution in [3.8, 4) is 0 Å². The molecule has 20 heavy (non-hydrogen) atoms. The molecule has 1 aromatic carbocycles. The molecule has 4 nitrogen and oxygen atoms in total. The Bertz CT molecular complexity index is 479. The highest BCUT2D eigenvalue weighted by Gasteiger charge is 2.37. The molecule has 108 valence electrons. The summed E-state index contributed by atoms with van der Waals surface area (Å²) in [4.78, 5) is 27.3. The molecule has 0 spiro atoms. The predicted molar refractivity (Wildman–Crippen MR) is 77.9 cm³/mol. The highest BCUT2D eigenvalue weighted by molar-refractivity contribution is 5.83. The fourth-order valence-electron chi connectivity index (χ4n) is 2.42. The van der Waals surface area contributed by atoms with Gasteiger partial charge in [0, 0.05) is 32.6 Å². The zero-order valence-corrected chi connectivity index (χ0v) is 12.4. The van der Waals surface area contributed by atoms with E-state index >= 15 is 0 Å². The van der Waals surface area contributed by atoms with Crippen LogP contribution < -0.4 is 0 Å². The second-order valence-corrected chi connectivity index (χ2v) is 5.67. The highest BCUT2D eigenvalue weighted by Crippen LogP contribution is 2.21. The number of nitrogens with zero attached hydrogens (tertiary/aromatic N) is 2. The molecular weight excluding hydrogens is 252 g/mol. The molecular formula is C16H22N2O2. The minimum absolute atomic E-state index is 0.0370. The molecule has 1 saturated heterocycles. The second-order valence-electron chi connectivity index (χ2n) is 5.67. The molecule has 1 aliphatic heterocycles. The van der Waals surface area contributed by atoms with Crippen molar-refractivity contribution in [3.63, 3.8) is 0 Å². The van der Waals surface area contributed by atoms with Gasteiger partial charge >= 0.3 is 0 Å². The number of hydrogen-bond donors (Lipinski definition) is 0. The molecule has 0 N–H and O–H groups in total. The number of hydrogen-bond acceptors (Lipinski definition) is 2.